The van der Waals surface area contributed by atoms with Crippen LogP contribution in [0.2, 0.25) is 5.22 Å². The van der Waals surface area contributed by atoms with E-state index < -0.39 is 0 Å². The summed E-state index contributed by atoms with van der Waals surface area (Å²) >= 11 is 8.98. The predicted octanol–water partition coefficient (Wildman–Crippen LogP) is 3.60. The number of rotatable bonds is 3. The minimum absolute atomic E-state index is 0.121. The Bertz CT molecular complexity index is 411. The number of halogens is 2. The van der Waals surface area contributed by atoms with Gasteiger partial charge in [-0.2, -0.15) is 0 Å². The summed E-state index contributed by atoms with van der Waals surface area (Å²) in [5.74, 6) is 1.50. The van der Waals surface area contributed by atoms with Gasteiger partial charge in [-0.3, -0.25) is 0 Å². The first kappa shape index (κ1) is 10.8. The van der Waals surface area contributed by atoms with E-state index in [2.05, 4.69) is 21.2 Å². The molecule has 0 aromatic carbocycles. The third-order valence-corrected chi connectivity index (χ3v) is 2.68. The van der Waals surface area contributed by atoms with E-state index in [0.717, 1.165) is 11.5 Å². The zero-order valence-corrected chi connectivity index (χ0v) is 10.3. The maximum Gasteiger partial charge on any atom is 0.193 e. The second-order valence-electron chi connectivity index (χ2n) is 3.01. The van der Waals surface area contributed by atoms with E-state index in [1.165, 1.54) is 0 Å². The van der Waals surface area contributed by atoms with E-state index in [1.54, 1.807) is 6.07 Å². The Morgan fingerprint density at radius 3 is 2.33 bits per heavy atom. The van der Waals surface area contributed by atoms with Gasteiger partial charge in [-0.1, -0.05) is 0 Å². The van der Waals surface area contributed by atoms with E-state index >= 15 is 0 Å². The maximum absolute atomic E-state index is 5.72. The molecular formula is C10H9BrClNO2. The van der Waals surface area contributed by atoms with Crippen LogP contribution in [-0.4, -0.2) is 7.05 Å². The van der Waals surface area contributed by atoms with Gasteiger partial charge in [-0.25, -0.2) is 0 Å². The van der Waals surface area contributed by atoms with E-state index in [-0.39, 0.29) is 6.04 Å². The van der Waals surface area contributed by atoms with Crippen LogP contribution in [0.3, 0.4) is 0 Å². The molecule has 0 radical (unpaired) electrons. The Morgan fingerprint density at radius 1 is 1.20 bits per heavy atom. The molecule has 0 aliphatic carbocycles. The summed E-state index contributed by atoms with van der Waals surface area (Å²) in [4.78, 5) is 0. The molecule has 2 heterocycles. The van der Waals surface area contributed by atoms with Gasteiger partial charge in [0.05, 0.1) is 0 Å². The predicted molar refractivity (Wildman–Crippen MR) is 61.0 cm³/mol. The first-order valence-corrected chi connectivity index (χ1v) is 5.55. The van der Waals surface area contributed by atoms with Gasteiger partial charge in [0.2, 0.25) is 0 Å². The van der Waals surface area contributed by atoms with Crippen LogP contribution in [0.5, 0.6) is 0 Å². The fraction of sp³-hybridized carbons (Fsp3) is 0.200. The highest BCUT2D eigenvalue weighted by Crippen LogP contribution is 2.28. The molecule has 1 atom stereocenters. The first-order chi connectivity index (χ1) is 7.20. The standard InChI is InChI=1S/C10H9BrClNO2/c1-13-10(6-2-4-8(11)14-6)7-3-5-9(12)15-7/h2-5,10,13H,1H3. The molecule has 0 saturated carbocycles. The van der Waals surface area contributed by atoms with Gasteiger partial charge in [-0.05, 0) is 58.8 Å². The lowest BCUT2D eigenvalue weighted by Crippen LogP contribution is -2.16. The molecular weight excluding hydrogens is 281 g/mol. The zero-order valence-electron chi connectivity index (χ0n) is 7.96. The Hall–Kier alpha value is -0.710. The average molecular weight is 291 g/mol. The van der Waals surface area contributed by atoms with Gasteiger partial charge in [0, 0.05) is 0 Å². The van der Waals surface area contributed by atoms with Gasteiger partial charge in [0.15, 0.2) is 9.89 Å². The van der Waals surface area contributed by atoms with Crippen molar-refractivity contribution in [2.75, 3.05) is 7.05 Å². The van der Waals surface area contributed by atoms with Crippen molar-refractivity contribution in [1.82, 2.24) is 5.32 Å². The van der Waals surface area contributed by atoms with E-state index in [0.29, 0.717) is 9.89 Å². The molecule has 0 bridgehead atoms. The third-order valence-electron chi connectivity index (χ3n) is 2.05. The SMILES string of the molecule is CNC(c1ccc(Cl)o1)c1ccc(Br)o1. The van der Waals surface area contributed by atoms with Gasteiger partial charge < -0.3 is 14.2 Å². The molecule has 1 N–H and O–H groups in total. The first-order valence-electron chi connectivity index (χ1n) is 4.38. The Morgan fingerprint density at radius 2 is 1.87 bits per heavy atom. The second-order valence-corrected chi connectivity index (χ2v) is 4.16. The summed E-state index contributed by atoms with van der Waals surface area (Å²) in [6.45, 7) is 0. The summed E-state index contributed by atoms with van der Waals surface area (Å²) < 4.78 is 11.5. The molecule has 2 aromatic rings. The highest BCUT2D eigenvalue weighted by Gasteiger charge is 2.19. The van der Waals surface area contributed by atoms with Crippen LogP contribution in [0.25, 0.3) is 0 Å². The number of nitrogens with one attached hydrogen (secondary N) is 1. The van der Waals surface area contributed by atoms with Crippen molar-refractivity contribution in [2.24, 2.45) is 0 Å². The highest BCUT2D eigenvalue weighted by atomic mass is 79.9. The number of furan rings is 2. The summed E-state index contributed by atoms with van der Waals surface area (Å²) in [6, 6.07) is 7.12. The van der Waals surface area contributed by atoms with Gasteiger partial charge >= 0.3 is 0 Å². The molecule has 0 aliphatic rings. The van der Waals surface area contributed by atoms with Crippen LogP contribution in [-0.2, 0) is 0 Å². The quantitative estimate of drug-likeness (QED) is 0.938. The third kappa shape index (κ3) is 2.27. The van der Waals surface area contributed by atoms with Crippen molar-refractivity contribution in [3.05, 3.63) is 45.7 Å². The Kier molecular flexibility index (Phi) is 3.19. The minimum atomic E-state index is -0.121. The zero-order chi connectivity index (χ0) is 10.8. The normalized spacial score (nSPS) is 13.0. The molecule has 0 amide bonds. The van der Waals surface area contributed by atoms with Crippen molar-refractivity contribution in [2.45, 2.75) is 6.04 Å². The number of hydrogen-bond acceptors (Lipinski definition) is 3. The molecule has 0 aliphatic heterocycles. The lowest BCUT2D eigenvalue weighted by molar-refractivity contribution is 0.396. The summed E-state index contributed by atoms with van der Waals surface area (Å²) in [7, 11) is 1.83. The molecule has 15 heavy (non-hydrogen) atoms. The maximum atomic E-state index is 5.72. The Balaban J connectivity index is 2.32. The molecule has 2 rings (SSSR count). The minimum Gasteiger partial charge on any atom is -0.452 e. The van der Waals surface area contributed by atoms with Gasteiger partial charge in [0.25, 0.3) is 0 Å². The average Bonchev–Trinajstić information content (AvgIpc) is 2.78. The lowest BCUT2D eigenvalue weighted by atomic mass is 10.2. The molecule has 2 aromatic heterocycles. The van der Waals surface area contributed by atoms with Crippen LogP contribution in [0.15, 0.2) is 37.8 Å². The molecule has 5 heteroatoms. The van der Waals surface area contributed by atoms with E-state index in [1.807, 2.05) is 25.2 Å². The summed E-state index contributed by atoms with van der Waals surface area (Å²) in [6.07, 6.45) is 0. The van der Waals surface area contributed by atoms with Crippen LogP contribution >= 0.6 is 27.5 Å². The van der Waals surface area contributed by atoms with Crippen molar-refractivity contribution in [3.63, 3.8) is 0 Å². The molecule has 3 nitrogen and oxygen atoms in total. The fourth-order valence-corrected chi connectivity index (χ4v) is 1.86. The van der Waals surface area contributed by atoms with Crippen molar-refractivity contribution < 1.29 is 8.83 Å². The molecule has 0 spiro atoms. The molecule has 0 fully saturated rings. The Labute approximate surface area is 101 Å². The largest absolute Gasteiger partial charge is 0.452 e. The van der Waals surface area contributed by atoms with E-state index in [4.69, 9.17) is 20.4 Å². The second kappa shape index (κ2) is 4.43. The van der Waals surface area contributed by atoms with Crippen LogP contribution in [0.4, 0.5) is 0 Å². The summed E-state index contributed by atoms with van der Waals surface area (Å²) in [5, 5.41) is 3.47. The molecule has 1 unspecified atom stereocenters. The van der Waals surface area contributed by atoms with Crippen LogP contribution in [0.1, 0.15) is 17.6 Å². The van der Waals surface area contributed by atoms with Crippen molar-refractivity contribution >= 4 is 27.5 Å². The van der Waals surface area contributed by atoms with Crippen LogP contribution in [0, 0.1) is 0 Å². The number of hydrogen-bond donors (Lipinski definition) is 1. The van der Waals surface area contributed by atoms with Gasteiger partial charge in [-0.15, -0.1) is 0 Å². The lowest BCUT2D eigenvalue weighted by Gasteiger charge is -2.09. The summed E-state index contributed by atoms with van der Waals surface area (Å²) in [5.41, 5.74) is 0. The van der Waals surface area contributed by atoms with E-state index in [9.17, 15) is 0 Å². The van der Waals surface area contributed by atoms with Crippen molar-refractivity contribution in [3.8, 4) is 0 Å². The molecule has 0 saturated heterocycles. The molecule has 80 valence electrons. The monoisotopic (exact) mass is 289 g/mol. The highest BCUT2D eigenvalue weighted by molar-refractivity contribution is 9.10. The van der Waals surface area contributed by atoms with Gasteiger partial charge in [0.1, 0.15) is 17.6 Å². The van der Waals surface area contributed by atoms with Crippen molar-refractivity contribution in [1.29, 1.82) is 0 Å². The fourth-order valence-electron chi connectivity index (χ4n) is 1.39. The smallest absolute Gasteiger partial charge is 0.193 e. The topological polar surface area (TPSA) is 38.3 Å². The van der Waals surface area contributed by atoms with Crippen LogP contribution < -0.4 is 5.32 Å².